The molecule has 0 saturated carbocycles. The van der Waals surface area contributed by atoms with Crippen LogP contribution < -0.4 is 25.7 Å². The second kappa shape index (κ2) is 7.86. The maximum Gasteiger partial charge on any atom is 0.258 e. The molecule has 2 bridgehead atoms. The average Bonchev–Trinajstić information content (AvgIpc) is 3.36. The van der Waals surface area contributed by atoms with Gasteiger partial charge in [0.25, 0.3) is 5.56 Å². The molecule has 1 saturated heterocycles. The maximum atomic E-state index is 13.2. The molecule has 0 spiro atoms. The first-order valence-electron chi connectivity index (χ1n) is 10.5. The molecule has 5 rings (SSSR count). The molecule has 2 aromatic rings. The highest BCUT2D eigenvalue weighted by molar-refractivity contribution is 5.80. The van der Waals surface area contributed by atoms with Crippen molar-refractivity contribution in [1.82, 2.24) is 15.2 Å². The molecule has 162 valence electrons. The van der Waals surface area contributed by atoms with Crippen molar-refractivity contribution in [2.75, 3.05) is 13.4 Å². The summed E-state index contributed by atoms with van der Waals surface area (Å²) in [5, 5.41) is 16.5. The molecule has 1 aromatic heterocycles. The van der Waals surface area contributed by atoms with Crippen molar-refractivity contribution < 1.29 is 19.4 Å². The fourth-order valence-corrected chi connectivity index (χ4v) is 4.93. The van der Waals surface area contributed by atoms with E-state index >= 15 is 0 Å². The van der Waals surface area contributed by atoms with Crippen molar-refractivity contribution in [2.45, 2.75) is 32.1 Å². The molecule has 8 nitrogen and oxygen atoms in total. The van der Waals surface area contributed by atoms with Crippen LogP contribution in [-0.2, 0) is 17.9 Å². The number of carbonyl (C=O) groups is 1. The summed E-state index contributed by atoms with van der Waals surface area (Å²) in [6.07, 6.45) is 3.63. The molecular weight excluding hydrogens is 398 g/mol. The minimum atomic E-state index is -0.468. The van der Waals surface area contributed by atoms with Crippen LogP contribution in [0.15, 0.2) is 41.2 Å². The van der Waals surface area contributed by atoms with Crippen LogP contribution in [0, 0.1) is 11.8 Å². The Morgan fingerprint density at radius 2 is 2.13 bits per heavy atom. The molecule has 8 heteroatoms. The zero-order valence-electron chi connectivity index (χ0n) is 17.2. The van der Waals surface area contributed by atoms with Crippen LogP contribution in [0.5, 0.6) is 11.5 Å². The number of fused-ring (bicyclic) bond motifs is 5. The van der Waals surface area contributed by atoms with Gasteiger partial charge in [-0.25, -0.2) is 0 Å². The highest BCUT2D eigenvalue weighted by atomic mass is 16.7. The number of hydrogen-bond acceptors (Lipinski definition) is 6. The highest BCUT2D eigenvalue weighted by Gasteiger charge is 2.50. The first-order chi connectivity index (χ1) is 15.1. The molecular formula is C23H25N3O5. The van der Waals surface area contributed by atoms with E-state index in [1.165, 1.54) is 0 Å². The Morgan fingerprint density at radius 3 is 2.94 bits per heavy atom. The fraction of sp³-hybridized carbons (Fsp3) is 0.391. The van der Waals surface area contributed by atoms with Crippen molar-refractivity contribution in [3.63, 3.8) is 0 Å². The van der Waals surface area contributed by atoms with Gasteiger partial charge in [-0.3, -0.25) is 9.59 Å². The summed E-state index contributed by atoms with van der Waals surface area (Å²) in [5.41, 5.74) is 2.25. The third kappa shape index (κ3) is 3.32. The summed E-state index contributed by atoms with van der Waals surface area (Å²) in [6.45, 7) is 2.73. The van der Waals surface area contributed by atoms with Crippen LogP contribution in [0.3, 0.4) is 0 Å². The van der Waals surface area contributed by atoms with E-state index in [9.17, 15) is 14.7 Å². The molecule has 0 unspecified atom stereocenters. The number of amides is 1. The SMILES string of the molecule is C/C=C/c1ccc2n(c1=O)C[C@H]1N[C@@H]2[C@@H](C(=O)NCc2ccc3c(c2)OCO3)[C@@H]1CO. The smallest absolute Gasteiger partial charge is 0.258 e. The fourth-order valence-electron chi connectivity index (χ4n) is 4.93. The van der Waals surface area contributed by atoms with Gasteiger partial charge >= 0.3 is 0 Å². The lowest BCUT2D eigenvalue weighted by Gasteiger charge is -2.28. The van der Waals surface area contributed by atoms with E-state index in [4.69, 9.17) is 9.47 Å². The minimum absolute atomic E-state index is 0.0646. The van der Waals surface area contributed by atoms with Gasteiger partial charge in [-0.15, -0.1) is 0 Å². The number of ether oxygens (including phenoxy) is 2. The summed E-state index contributed by atoms with van der Waals surface area (Å²) in [6, 6.07) is 8.82. The highest BCUT2D eigenvalue weighted by Crippen LogP contribution is 2.41. The predicted molar refractivity (Wildman–Crippen MR) is 114 cm³/mol. The standard InChI is InChI=1S/C23H25N3O5/c1-2-3-14-5-6-17-21-20(15(11-27)16(25-21)10-26(17)23(14)29)22(28)24-9-13-4-7-18-19(8-13)31-12-30-18/h2-8,15-16,20-21,25,27H,9-12H2,1H3,(H,24,28)/b3-2+/t15-,16-,20+,21+/m1/s1. The molecule has 3 N–H and O–H groups in total. The van der Waals surface area contributed by atoms with Crippen LogP contribution in [0.4, 0.5) is 0 Å². The number of benzene rings is 1. The van der Waals surface area contributed by atoms with Gasteiger partial charge in [0.1, 0.15) is 0 Å². The Bertz CT molecular complexity index is 1110. The molecule has 1 amide bonds. The van der Waals surface area contributed by atoms with Crippen LogP contribution in [0.25, 0.3) is 6.08 Å². The van der Waals surface area contributed by atoms with Crippen LogP contribution in [0.1, 0.15) is 29.8 Å². The van der Waals surface area contributed by atoms with E-state index in [2.05, 4.69) is 10.6 Å². The summed E-state index contributed by atoms with van der Waals surface area (Å²) >= 11 is 0. The van der Waals surface area contributed by atoms with Gasteiger partial charge < -0.3 is 29.8 Å². The van der Waals surface area contributed by atoms with Crippen molar-refractivity contribution >= 4 is 12.0 Å². The van der Waals surface area contributed by atoms with E-state index in [1.807, 2.05) is 37.3 Å². The van der Waals surface area contributed by atoms with Crippen molar-refractivity contribution in [2.24, 2.45) is 11.8 Å². The summed E-state index contributed by atoms with van der Waals surface area (Å²) in [4.78, 5) is 26.1. The van der Waals surface area contributed by atoms with Gasteiger partial charge in [-0.2, -0.15) is 0 Å². The van der Waals surface area contributed by atoms with E-state index in [1.54, 1.807) is 16.7 Å². The number of aromatic nitrogens is 1. The minimum Gasteiger partial charge on any atom is -0.454 e. The number of aliphatic hydroxyl groups is 1. The van der Waals surface area contributed by atoms with E-state index in [-0.39, 0.29) is 42.9 Å². The third-order valence-electron chi connectivity index (χ3n) is 6.43. The van der Waals surface area contributed by atoms with E-state index in [0.717, 1.165) is 11.3 Å². The number of nitrogens with one attached hydrogen (secondary N) is 2. The molecule has 31 heavy (non-hydrogen) atoms. The Kier molecular flexibility index (Phi) is 5.03. The topological polar surface area (TPSA) is 102 Å². The number of rotatable bonds is 5. The Hall–Kier alpha value is -3.10. The molecule has 1 fully saturated rings. The second-order valence-electron chi connectivity index (χ2n) is 8.16. The second-order valence-corrected chi connectivity index (χ2v) is 8.16. The van der Waals surface area contributed by atoms with Gasteiger partial charge in [-0.05, 0) is 36.8 Å². The summed E-state index contributed by atoms with van der Waals surface area (Å²) in [7, 11) is 0. The van der Waals surface area contributed by atoms with E-state index in [0.29, 0.717) is 30.2 Å². The largest absolute Gasteiger partial charge is 0.454 e. The third-order valence-corrected chi connectivity index (χ3v) is 6.43. The van der Waals surface area contributed by atoms with Gasteiger partial charge in [0.2, 0.25) is 12.7 Å². The van der Waals surface area contributed by atoms with Gasteiger partial charge in [0.15, 0.2) is 11.5 Å². The average molecular weight is 423 g/mol. The quantitative estimate of drug-likeness (QED) is 0.668. The number of nitrogens with zero attached hydrogens (tertiary/aromatic N) is 1. The number of allylic oxidation sites excluding steroid dienone is 1. The number of carbonyl (C=O) groups excluding carboxylic acids is 1. The normalized spacial score (nSPS) is 25.6. The zero-order valence-corrected chi connectivity index (χ0v) is 17.2. The Morgan fingerprint density at radius 1 is 1.29 bits per heavy atom. The van der Waals surface area contributed by atoms with Crippen LogP contribution in [-0.4, -0.2) is 35.0 Å². The van der Waals surface area contributed by atoms with Gasteiger partial charge in [0.05, 0.1) is 12.0 Å². The van der Waals surface area contributed by atoms with E-state index < -0.39 is 5.92 Å². The first kappa shape index (κ1) is 19.8. The van der Waals surface area contributed by atoms with Gasteiger partial charge in [-0.1, -0.05) is 18.2 Å². The lowest BCUT2D eigenvalue weighted by atomic mass is 9.86. The summed E-state index contributed by atoms with van der Waals surface area (Å²) < 4.78 is 12.5. The van der Waals surface area contributed by atoms with Gasteiger partial charge in [0, 0.05) is 42.9 Å². The molecule has 4 heterocycles. The summed E-state index contributed by atoms with van der Waals surface area (Å²) in [5.74, 6) is 0.484. The molecule has 1 aromatic carbocycles. The monoisotopic (exact) mass is 423 g/mol. The number of hydrogen-bond donors (Lipinski definition) is 3. The Balaban J connectivity index is 1.39. The molecule has 3 aliphatic rings. The van der Waals surface area contributed by atoms with Crippen LogP contribution in [0.2, 0.25) is 0 Å². The van der Waals surface area contributed by atoms with Crippen molar-refractivity contribution in [3.8, 4) is 11.5 Å². The lowest BCUT2D eigenvalue weighted by Crippen LogP contribution is -2.43. The molecule has 3 aliphatic heterocycles. The lowest BCUT2D eigenvalue weighted by molar-refractivity contribution is -0.127. The molecule has 0 radical (unpaired) electrons. The van der Waals surface area contributed by atoms with Crippen molar-refractivity contribution in [3.05, 3.63) is 63.6 Å². The number of aliphatic hydroxyl groups excluding tert-OH is 1. The number of pyridine rings is 1. The maximum absolute atomic E-state index is 13.2. The zero-order chi connectivity index (χ0) is 21.5. The van der Waals surface area contributed by atoms with Crippen molar-refractivity contribution in [1.29, 1.82) is 0 Å². The predicted octanol–water partition coefficient (Wildman–Crippen LogP) is 1.18. The van der Waals surface area contributed by atoms with Crippen LogP contribution >= 0.6 is 0 Å². The first-order valence-corrected chi connectivity index (χ1v) is 10.5. The Labute approximate surface area is 179 Å². The molecule has 0 aliphatic carbocycles. The molecule has 4 atom stereocenters.